The molecule has 0 radical (unpaired) electrons. The highest BCUT2D eigenvalue weighted by molar-refractivity contribution is 5.84. The maximum absolute atomic E-state index is 12.1. The molecule has 0 unspecified atom stereocenters. The molecular weight excluding hydrogens is 333 g/mol. The number of aromatic amines is 1. The first kappa shape index (κ1) is 17.2. The minimum atomic E-state index is -4.67. The number of methoxy groups -OCH3 is 1. The third-order valence-corrected chi connectivity index (χ3v) is 3.78. The quantitative estimate of drug-likeness (QED) is 0.694. The van der Waals surface area contributed by atoms with Gasteiger partial charge in [-0.1, -0.05) is 12.1 Å². The molecule has 1 aromatic heterocycles. The van der Waals surface area contributed by atoms with Crippen molar-refractivity contribution in [2.24, 2.45) is 0 Å². The number of aromatic nitrogens is 1. The first-order valence-corrected chi connectivity index (χ1v) is 7.64. The van der Waals surface area contributed by atoms with Gasteiger partial charge in [0.1, 0.15) is 11.5 Å². The molecule has 0 atom stereocenters. The molecule has 0 spiro atoms. The van der Waals surface area contributed by atoms with E-state index >= 15 is 0 Å². The topological polar surface area (TPSA) is 46.3 Å². The summed E-state index contributed by atoms with van der Waals surface area (Å²) in [5.74, 6) is 0.563. The minimum absolute atomic E-state index is 0.222. The van der Waals surface area contributed by atoms with Crippen LogP contribution >= 0.6 is 0 Å². The summed E-state index contributed by atoms with van der Waals surface area (Å²) in [4.78, 5) is 3.20. The van der Waals surface area contributed by atoms with Crippen LogP contribution in [0, 0.1) is 0 Å². The Morgan fingerprint density at radius 3 is 2.40 bits per heavy atom. The van der Waals surface area contributed by atoms with Gasteiger partial charge in [0, 0.05) is 30.2 Å². The minimum Gasteiger partial charge on any atom is -0.497 e. The van der Waals surface area contributed by atoms with E-state index in [1.807, 2.05) is 24.4 Å². The Kier molecular flexibility index (Phi) is 4.85. The van der Waals surface area contributed by atoms with Crippen LogP contribution in [0.1, 0.15) is 11.1 Å². The van der Waals surface area contributed by atoms with E-state index in [0.717, 1.165) is 27.8 Å². The Balaban J connectivity index is 1.59. The predicted molar refractivity (Wildman–Crippen MR) is 88.5 cm³/mol. The van der Waals surface area contributed by atoms with Crippen LogP contribution < -0.4 is 14.8 Å². The molecule has 0 fully saturated rings. The smallest absolute Gasteiger partial charge is 0.497 e. The molecule has 0 aliphatic heterocycles. The Labute approximate surface area is 142 Å². The van der Waals surface area contributed by atoms with Crippen molar-refractivity contribution in [3.8, 4) is 11.5 Å². The molecule has 0 saturated carbocycles. The molecule has 1 heterocycles. The number of rotatable bonds is 6. The van der Waals surface area contributed by atoms with Gasteiger partial charge in [0.05, 0.1) is 7.11 Å². The van der Waals surface area contributed by atoms with Crippen molar-refractivity contribution in [1.82, 2.24) is 10.3 Å². The van der Waals surface area contributed by atoms with Gasteiger partial charge in [0.25, 0.3) is 0 Å². The fourth-order valence-corrected chi connectivity index (χ4v) is 2.58. The highest BCUT2D eigenvalue weighted by Gasteiger charge is 2.30. The summed E-state index contributed by atoms with van der Waals surface area (Å²) in [6, 6.07) is 11.6. The monoisotopic (exact) mass is 350 g/mol. The number of benzene rings is 2. The molecule has 0 saturated heterocycles. The van der Waals surface area contributed by atoms with Gasteiger partial charge < -0.3 is 19.8 Å². The second-order valence-electron chi connectivity index (χ2n) is 5.52. The number of hydrogen-bond donors (Lipinski definition) is 2. The van der Waals surface area contributed by atoms with E-state index in [9.17, 15) is 13.2 Å². The highest BCUT2D eigenvalue weighted by Crippen LogP contribution is 2.24. The molecule has 7 heteroatoms. The largest absolute Gasteiger partial charge is 0.573 e. The lowest BCUT2D eigenvalue weighted by atomic mass is 10.1. The van der Waals surface area contributed by atoms with Crippen LogP contribution in [0.15, 0.2) is 48.7 Å². The normalized spacial score (nSPS) is 11.7. The van der Waals surface area contributed by atoms with Crippen LogP contribution in [0.4, 0.5) is 13.2 Å². The summed E-state index contributed by atoms with van der Waals surface area (Å²) in [6.45, 7) is 1.15. The predicted octanol–water partition coefficient (Wildman–Crippen LogP) is 4.36. The maximum atomic E-state index is 12.1. The molecule has 4 nitrogen and oxygen atoms in total. The number of ether oxygens (including phenoxy) is 2. The van der Waals surface area contributed by atoms with Gasteiger partial charge in [-0.2, -0.15) is 0 Å². The van der Waals surface area contributed by atoms with E-state index in [-0.39, 0.29) is 5.75 Å². The zero-order valence-electron chi connectivity index (χ0n) is 13.5. The van der Waals surface area contributed by atoms with Crippen molar-refractivity contribution < 1.29 is 22.6 Å². The van der Waals surface area contributed by atoms with Crippen LogP contribution in [0.3, 0.4) is 0 Å². The second kappa shape index (κ2) is 7.06. The molecule has 0 amide bonds. The van der Waals surface area contributed by atoms with Gasteiger partial charge in [-0.25, -0.2) is 0 Å². The number of nitrogens with one attached hydrogen (secondary N) is 2. The van der Waals surface area contributed by atoms with E-state index in [0.29, 0.717) is 13.1 Å². The van der Waals surface area contributed by atoms with E-state index in [1.165, 1.54) is 12.1 Å². The van der Waals surface area contributed by atoms with Gasteiger partial charge in [-0.15, -0.1) is 13.2 Å². The fraction of sp³-hybridized carbons (Fsp3) is 0.222. The summed E-state index contributed by atoms with van der Waals surface area (Å²) >= 11 is 0. The summed E-state index contributed by atoms with van der Waals surface area (Å²) in [5.41, 5.74) is 2.98. The molecule has 132 valence electrons. The molecule has 3 rings (SSSR count). The summed E-state index contributed by atoms with van der Waals surface area (Å²) in [7, 11) is 1.62. The van der Waals surface area contributed by atoms with Crippen LogP contribution in [0.5, 0.6) is 11.5 Å². The molecule has 0 aliphatic rings. The Morgan fingerprint density at radius 1 is 1.00 bits per heavy atom. The third-order valence-electron chi connectivity index (χ3n) is 3.78. The van der Waals surface area contributed by atoms with Crippen molar-refractivity contribution in [1.29, 1.82) is 0 Å². The van der Waals surface area contributed by atoms with Gasteiger partial charge in [-0.05, 0) is 41.5 Å². The van der Waals surface area contributed by atoms with Crippen molar-refractivity contribution >= 4 is 10.9 Å². The van der Waals surface area contributed by atoms with Crippen LogP contribution in [0.2, 0.25) is 0 Å². The van der Waals surface area contributed by atoms with Crippen molar-refractivity contribution in [3.05, 3.63) is 59.8 Å². The molecule has 2 aromatic carbocycles. The lowest BCUT2D eigenvalue weighted by Gasteiger charge is -2.09. The molecule has 2 N–H and O–H groups in total. The first-order chi connectivity index (χ1) is 11.9. The van der Waals surface area contributed by atoms with Crippen LogP contribution in [-0.4, -0.2) is 18.5 Å². The Morgan fingerprint density at radius 2 is 1.72 bits per heavy atom. The first-order valence-electron chi connectivity index (χ1n) is 7.64. The highest BCUT2D eigenvalue weighted by atomic mass is 19.4. The zero-order chi connectivity index (χ0) is 17.9. The number of fused-ring (bicyclic) bond motifs is 1. The summed E-state index contributed by atoms with van der Waals surface area (Å²) in [5, 5.41) is 4.35. The lowest BCUT2D eigenvalue weighted by molar-refractivity contribution is -0.274. The lowest BCUT2D eigenvalue weighted by Crippen LogP contribution is -2.17. The van der Waals surface area contributed by atoms with Crippen molar-refractivity contribution in [3.63, 3.8) is 0 Å². The summed E-state index contributed by atoms with van der Waals surface area (Å²) in [6.07, 6.45) is -2.74. The van der Waals surface area contributed by atoms with Crippen molar-refractivity contribution in [2.45, 2.75) is 19.5 Å². The molecule has 3 aromatic rings. The van der Waals surface area contributed by atoms with Crippen molar-refractivity contribution in [2.75, 3.05) is 7.11 Å². The maximum Gasteiger partial charge on any atom is 0.573 e. The zero-order valence-corrected chi connectivity index (χ0v) is 13.5. The standard InChI is InChI=1S/C18H17F3N2O2/c1-24-15-6-7-17-16(8-15)13(11-23-17)10-22-9-12-2-4-14(5-3-12)25-18(19,20)21/h2-8,11,22-23H,9-10H2,1H3. The number of alkyl halides is 3. The van der Waals surface area contributed by atoms with E-state index in [4.69, 9.17) is 4.74 Å². The molecular formula is C18H17F3N2O2. The second-order valence-corrected chi connectivity index (χ2v) is 5.52. The van der Waals surface area contributed by atoms with Crippen LogP contribution in [-0.2, 0) is 13.1 Å². The Bertz CT molecular complexity index is 842. The average Bonchev–Trinajstić information content (AvgIpc) is 2.97. The third kappa shape index (κ3) is 4.45. The van der Waals surface area contributed by atoms with Gasteiger partial charge in [0.2, 0.25) is 0 Å². The van der Waals surface area contributed by atoms with E-state index in [1.54, 1.807) is 19.2 Å². The van der Waals surface area contributed by atoms with Gasteiger partial charge >= 0.3 is 6.36 Å². The number of H-pyrrole nitrogens is 1. The fourth-order valence-electron chi connectivity index (χ4n) is 2.58. The number of halogens is 3. The van der Waals surface area contributed by atoms with E-state index in [2.05, 4.69) is 15.0 Å². The van der Waals surface area contributed by atoms with Crippen LogP contribution in [0.25, 0.3) is 10.9 Å². The van der Waals surface area contributed by atoms with Gasteiger partial charge in [-0.3, -0.25) is 0 Å². The molecule has 25 heavy (non-hydrogen) atoms. The number of hydrogen-bond acceptors (Lipinski definition) is 3. The SMILES string of the molecule is COc1ccc2[nH]cc(CNCc3ccc(OC(F)(F)F)cc3)c2c1. The Hall–Kier alpha value is -2.67. The van der Waals surface area contributed by atoms with Gasteiger partial charge in [0.15, 0.2) is 0 Å². The molecule has 0 aliphatic carbocycles. The van der Waals surface area contributed by atoms with E-state index < -0.39 is 6.36 Å². The molecule has 0 bridgehead atoms. The average molecular weight is 350 g/mol. The summed E-state index contributed by atoms with van der Waals surface area (Å²) < 4.78 is 45.5.